The third-order valence-electron chi connectivity index (χ3n) is 1.49. The number of hydrogen-bond donors (Lipinski definition) is 1. The monoisotopic (exact) mass is 194 g/mol. The van der Waals surface area contributed by atoms with E-state index in [1.54, 1.807) is 6.92 Å². The molecule has 54 valence electrons. The normalized spacial score (nSPS) is 16.8. The number of carbonyl (C=O) groups is 1. The van der Waals surface area contributed by atoms with E-state index in [0.29, 0.717) is 0 Å². The zero-order valence-electron chi connectivity index (χ0n) is 5.60. The molecule has 0 spiro atoms. The SMILES string of the molecule is CC(C(=O)O)[C@H](C)CBr. The fourth-order valence-corrected chi connectivity index (χ4v) is 0.938. The second kappa shape index (κ2) is 3.88. The molecule has 0 aliphatic rings. The van der Waals surface area contributed by atoms with E-state index in [4.69, 9.17) is 5.11 Å². The van der Waals surface area contributed by atoms with Crippen LogP contribution in [0.5, 0.6) is 0 Å². The molecule has 0 rings (SSSR count). The molecule has 0 aliphatic heterocycles. The van der Waals surface area contributed by atoms with Crippen LogP contribution in [-0.2, 0) is 4.79 Å². The van der Waals surface area contributed by atoms with E-state index in [9.17, 15) is 4.79 Å². The van der Waals surface area contributed by atoms with Crippen LogP contribution in [-0.4, -0.2) is 16.4 Å². The molecule has 0 aromatic heterocycles. The fraction of sp³-hybridized carbons (Fsp3) is 0.833. The highest BCUT2D eigenvalue weighted by Crippen LogP contribution is 2.12. The minimum atomic E-state index is -0.720. The van der Waals surface area contributed by atoms with Gasteiger partial charge in [0.05, 0.1) is 5.92 Å². The Kier molecular flexibility index (Phi) is 3.86. The second-order valence-electron chi connectivity index (χ2n) is 2.26. The average Bonchev–Trinajstić information content (AvgIpc) is 1.84. The average molecular weight is 195 g/mol. The summed E-state index contributed by atoms with van der Waals surface area (Å²) in [6.45, 7) is 3.63. The van der Waals surface area contributed by atoms with Gasteiger partial charge in [0.15, 0.2) is 0 Å². The van der Waals surface area contributed by atoms with Gasteiger partial charge in [0, 0.05) is 5.33 Å². The molecule has 0 fully saturated rings. The van der Waals surface area contributed by atoms with Crippen molar-refractivity contribution in [3.63, 3.8) is 0 Å². The summed E-state index contributed by atoms with van der Waals surface area (Å²) in [5.74, 6) is -0.756. The molecule has 0 aliphatic carbocycles. The van der Waals surface area contributed by atoms with Crippen molar-refractivity contribution in [2.75, 3.05) is 5.33 Å². The van der Waals surface area contributed by atoms with Crippen molar-refractivity contribution in [3.8, 4) is 0 Å². The summed E-state index contributed by atoms with van der Waals surface area (Å²) < 4.78 is 0. The summed E-state index contributed by atoms with van der Waals surface area (Å²) >= 11 is 3.22. The third-order valence-corrected chi connectivity index (χ3v) is 2.51. The lowest BCUT2D eigenvalue weighted by Crippen LogP contribution is -2.18. The van der Waals surface area contributed by atoms with E-state index in [2.05, 4.69) is 15.9 Å². The van der Waals surface area contributed by atoms with Gasteiger partial charge in [0.25, 0.3) is 0 Å². The number of alkyl halides is 1. The first-order valence-corrected chi connectivity index (χ1v) is 4.00. The summed E-state index contributed by atoms with van der Waals surface area (Å²) in [5.41, 5.74) is 0. The maximum atomic E-state index is 10.3. The molecule has 0 aromatic carbocycles. The highest BCUT2D eigenvalue weighted by molar-refractivity contribution is 9.09. The molecule has 0 heterocycles. The molecule has 0 saturated heterocycles. The summed E-state index contributed by atoms with van der Waals surface area (Å²) in [6.07, 6.45) is 0. The van der Waals surface area contributed by atoms with Crippen molar-refractivity contribution in [2.24, 2.45) is 11.8 Å². The van der Waals surface area contributed by atoms with Crippen molar-refractivity contribution in [1.82, 2.24) is 0 Å². The Morgan fingerprint density at radius 2 is 2.11 bits per heavy atom. The standard InChI is InChI=1S/C6H11BrO2/c1-4(3-7)5(2)6(8)9/h4-5H,3H2,1-2H3,(H,8,9)/t4-,5?/m1/s1. The number of aliphatic carboxylic acids is 1. The van der Waals surface area contributed by atoms with Crippen molar-refractivity contribution in [1.29, 1.82) is 0 Å². The first-order valence-electron chi connectivity index (χ1n) is 2.88. The zero-order chi connectivity index (χ0) is 7.44. The first-order chi connectivity index (χ1) is 4.09. The smallest absolute Gasteiger partial charge is 0.306 e. The van der Waals surface area contributed by atoms with E-state index < -0.39 is 5.97 Å². The van der Waals surface area contributed by atoms with Crippen molar-refractivity contribution < 1.29 is 9.90 Å². The fourth-order valence-electron chi connectivity index (χ4n) is 0.377. The molecule has 2 nitrogen and oxygen atoms in total. The van der Waals surface area contributed by atoms with Crippen molar-refractivity contribution in [2.45, 2.75) is 13.8 Å². The van der Waals surface area contributed by atoms with E-state index in [0.717, 1.165) is 5.33 Å². The van der Waals surface area contributed by atoms with Gasteiger partial charge in [-0.3, -0.25) is 4.79 Å². The Morgan fingerprint density at radius 1 is 1.67 bits per heavy atom. The van der Waals surface area contributed by atoms with Gasteiger partial charge >= 0.3 is 5.97 Å². The maximum absolute atomic E-state index is 10.3. The Hall–Kier alpha value is -0.0500. The van der Waals surface area contributed by atoms with Crippen molar-refractivity contribution in [3.05, 3.63) is 0 Å². The van der Waals surface area contributed by atoms with Crippen LogP contribution in [0.4, 0.5) is 0 Å². The summed E-state index contributed by atoms with van der Waals surface area (Å²) in [7, 11) is 0. The molecule has 3 heteroatoms. The van der Waals surface area contributed by atoms with Crippen LogP contribution >= 0.6 is 15.9 Å². The maximum Gasteiger partial charge on any atom is 0.306 e. The third kappa shape index (κ3) is 2.84. The highest BCUT2D eigenvalue weighted by atomic mass is 79.9. The molecule has 2 atom stereocenters. The topological polar surface area (TPSA) is 37.3 Å². The van der Waals surface area contributed by atoms with E-state index in [1.807, 2.05) is 6.92 Å². The van der Waals surface area contributed by atoms with E-state index in [1.165, 1.54) is 0 Å². The summed E-state index contributed by atoms with van der Waals surface area (Å²) in [5, 5.41) is 9.21. The Labute approximate surface area is 63.4 Å². The van der Waals surface area contributed by atoms with E-state index in [-0.39, 0.29) is 11.8 Å². The molecule has 0 saturated carbocycles. The van der Waals surface area contributed by atoms with Crippen LogP contribution in [0, 0.1) is 11.8 Å². The lowest BCUT2D eigenvalue weighted by molar-refractivity contribution is -0.142. The van der Waals surface area contributed by atoms with Gasteiger partial charge < -0.3 is 5.11 Å². The van der Waals surface area contributed by atoms with Crippen LogP contribution in [0.15, 0.2) is 0 Å². The van der Waals surface area contributed by atoms with Gasteiger partial charge in [0.1, 0.15) is 0 Å². The number of hydrogen-bond acceptors (Lipinski definition) is 1. The largest absolute Gasteiger partial charge is 0.481 e. The van der Waals surface area contributed by atoms with Crippen LogP contribution in [0.2, 0.25) is 0 Å². The van der Waals surface area contributed by atoms with Crippen LogP contribution in [0.25, 0.3) is 0 Å². The van der Waals surface area contributed by atoms with Gasteiger partial charge in [0.2, 0.25) is 0 Å². The molecular formula is C6H11BrO2. The molecule has 1 unspecified atom stereocenters. The van der Waals surface area contributed by atoms with Crippen molar-refractivity contribution >= 4 is 21.9 Å². The van der Waals surface area contributed by atoms with Gasteiger partial charge in [-0.15, -0.1) is 0 Å². The zero-order valence-corrected chi connectivity index (χ0v) is 7.18. The predicted molar refractivity (Wildman–Crippen MR) is 39.8 cm³/mol. The molecule has 0 bridgehead atoms. The van der Waals surface area contributed by atoms with Gasteiger partial charge in [-0.1, -0.05) is 29.8 Å². The van der Waals surface area contributed by atoms with Gasteiger partial charge in [-0.2, -0.15) is 0 Å². The molecular weight excluding hydrogens is 184 g/mol. The van der Waals surface area contributed by atoms with Crippen LogP contribution in [0.1, 0.15) is 13.8 Å². The minimum absolute atomic E-state index is 0.211. The summed E-state index contributed by atoms with van der Waals surface area (Å²) in [6, 6.07) is 0. The lowest BCUT2D eigenvalue weighted by atomic mass is 9.99. The number of carboxylic acid groups (broad SMARTS) is 1. The lowest BCUT2D eigenvalue weighted by Gasteiger charge is -2.11. The molecule has 1 N–H and O–H groups in total. The molecule has 0 amide bonds. The Balaban J connectivity index is 3.72. The summed E-state index contributed by atoms with van der Waals surface area (Å²) in [4.78, 5) is 10.3. The Morgan fingerprint density at radius 3 is 2.22 bits per heavy atom. The quantitative estimate of drug-likeness (QED) is 0.696. The highest BCUT2D eigenvalue weighted by Gasteiger charge is 2.17. The molecule has 0 radical (unpaired) electrons. The van der Waals surface area contributed by atoms with Crippen LogP contribution < -0.4 is 0 Å². The van der Waals surface area contributed by atoms with Gasteiger partial charge in [-0.05, 0) is 5.92 Å². The van der Waals surface area contributed by atoms with E-state index >= 15 is 0 Å². The Bertz CT molecular complexity index is 103. The molecule has 9 heavy (non-hydrogen) atoms. The molecule has 0 aromatic rings. The minimum Gasteiger partial charge on any atom is -0.481 e. The number of rotatable bonds is 3. The predicted octanol–water partition coefficient (Wildman–Crippen LogP) is 1.74. The first kappa shape index (κ1) is 8.95. The van der Waals surface area contributed by atoms with Crippen LogP contribution in [0.3, 0.4) is 0 Å². The number of halogens is 1. The second-order valence-corrected chi connectivity index (χ2v) is 2.91. The number of carboxylic acids is 1. The van der Waals surface area contributed by atoms with Gasteiger partial charge in [-0.25, -0.2) is 0 Å².